The van der Waals surface area contributed by atoms with Crippen molar-refractivity contribution in [3.8, 4) is 5.75 Å². The Labute approximate surface area is 180 Å². The summed E-state index contributed by atoms with van der Waals surface area (Å²) in [6, 6.07) is 12.2. The minimum absolute atomic E-state index is 0.0171. The molecule has 11 nitrogen and oxygen atoms in total. The average Bonchev–Trinajstić information content (AvgIpc) is 2.57. The number of hydrogen-bond acceptors (Lipinski definition) is 7. The molecule has 0 aliphatic rings. The van der Waals surface area contributed by atoms with Gasteiger partial charge in [0, 0.05) is 5.56 Å². The van der Waals surface area contributed by atoms with E-state index in [2.05, 4.69) is 0 Å². The van der Waals surface area contributed by atoms with Gasteiger partial charge in [-0.2, -0.15) is 16.8 Å². The van der Waals surface area contributed by atoms with Crippen LogP contribution in [0.2, 0.25) is 0 Å². The number of rotatable bonds is 4. The van der Waals surface area contributed by atoms with Crippen molar-refractivity contribution in [2.75, 3.05) is 12.5 Å². The number of aromatic hydroxyl groups is 1. The lowest BCUT2D eigenvalue weighted by molar-refractivity contribution is 0.474. The zero-order valence-corrected chi connectivity index (χ0v) is 18.3. The smallest absolute Gasteiger partial charge is 0.261 e. The minimum atomic E-state index is -3.67. The molecule has 31 heavy (non-hydrogen) atoms. The Hall–Kier alpha value is -3.26. The summed E-state index contributed by atoms with van der Waals surface area (Å²) < 4.78 is 51.7. The van der Waals surface area contributed by atoms with Crippen LogP contribution >= 0.6 is 0 Å². The van der Waals surface area contributed by atoms with E-state index < -0.39 is 20.2 Å². The predicted octanol–water partition coefficient (Wildman–Crippen LogP) is 1.14. The van der Waals surface area contributed by atoms with Gasteiger partial charge in [-0.25, -0.2) is 0 Å². The SMILES string of the molecule is CS(=O)(=O)O.CS(=O)(=O)O.N=C(N)c1ccc(/C=C/c2ccc(C(=N)N)c(O)c2)cc1. The fourth-order valence-electron chi connectivity index (χ4n) is 1.85. The predicted molar refractivity (Wildman–Crippen MR) is 120 cm³/mol. The fourth-order valence-corrected chi connectivity index (χ4v) is 1.85. The fraction of sp³-hybridized carbons (Fsp3) is 0.111. The topological polar surface area (TPSA) is 229 Å². The van der Waals surface area contributed by atoms with Crippen LogP contribution in [-0.4, -0.2) is 55.2 Å². The van der Waals surface area contributed by atoms with E-state index in [-0.39, 0.29) is 17.4 Å². The van der Waals surface area contributed by atoms with Gasteiger partial charge in [0.2, 0.25) is 0 Å². The highest BCUT2D eigenvalue weighted by Gasteiger charge is 2.03. The van der Waals surface area contributed by atoms with Crippen LogP contribution < -0.4 is 11.5 Å². The third kappa shape index (κ3) is 15.3. The van der Waals surface area contributed by atoms with Crippen LogP contribution in [-0.2, 0) is 20.2 Å². The molecule has 0 aromatic heterocycles. The standard InChI is InChI=1S/C16H16N4O.2CH4O3S/c17-15(18)12-6-3-10(4-7-12)1-2-11-5-8-13(16(19)20)14(21)9-11;2*1-5(2,3)4/h1-9,21H,(H3,17,18)(H3,19,20);2*1H3,(H,2,3,4)/b2-1+;;. The third-order valence-electron chi connectivity index (χ3n) is 3.00. The molecule has 2 rings (SSSR count). The lowest BCUT2D eigenvalue weighted by Gasteiger charge is -2.03. The van der Waals surface area contributed by atoms with Gasteiger partial charge >= 0.3 is 0 Å². The van der Waals surface area contributed by atoms with Crippen molar-refractivity contribution in [2.24, 2.45) is 11.5 Å². The van der Waals surface area contributed by atoms with Crippen LogP contribution in [0.15, 0.2) is 42.5 Å². The number of hydrogen-bond donors (Lipinski definition) is 7. The van der Waals surface area contributed by atoms with Gasteiger partial charge in [-0.05, 0) is 23.3 Å². The summed E-state index contributed by atoms with van der Waals surface area (Å²) in [6.45, 7) is 0. The van der Waals surface area contributed by atoms with Gasteiger partial charge in [-0.1, -0.05) is 42.5 Å². The molecule has 0 heterocycles. The van der Waals surface area contributed by atoms with Gasteiger partial charge in [0.15, 0.2) is 0 Å². The monoisotopic (exact) mass is 472 g/mol. The summed E-state index contributed by atoms with van der Waals surface area (Å²) in [5.74, 6) is -0.144. The Morgan fingerprint density at radius 2 is 1.19 bits per heavy atom. The molecule has 2 aromatic rings. The first-order chi connectivity index (χ1) is 14.0. The molecule has 0 fully saturated rings. The third-order valence-corrected chi connectivity index (χ3v) is 3.00. The zero-order valence-electron chi connectivity index (χ0n) is 16.6. The molecule has 0 unspecified atom stereocenters. The first-order valence-corrected chi connectivity index (χ1v) is 11.8. The summed E-state index contributed by atoms with van der Waals surface area (Å²) in [7, 11) is -7.33. The Balaban J connectivity index is 0.000000752. The number of nitrogens with one attached hydrogen (secondary N) is 2. The summed E-state index contributed by atoms with van der Waals surface area (Å²) in [4.78, 5) is 0. The number of nitrogen functional groups attached to an aromatic ring is 2. The van der Waals surface area contributed by atoms with Crippen molar-refractivity contribution in [3.05, 3.63) is 64.7 Å². The summed E-state index contributed by atoms with van der Waals surface area (Å²) in [5, 5.41) is 24.4. The summed E-state index contributed by atoms with van der Waals surface area (Å²) >= 11 is 0. The Morgan fingerprint density at radius 1 is 0.806 bits per heavy atom. The molecule has 2 aromatic carbocycles. The van der Waals surface area contributed by atoms with Gasteiger partial charge in [-0.15, -0.1) is 0 Å². The molecule has 0 saturated heterocycles. The highest BCUT2D eigenvalue weighted by molar-refractivity contribution is 7.85. The van der Waals surface area contributed by atoms with Gasteiger partial charge in [0.25, 0.3) is 20.2 Å². The van der Waals surface area contributed by atoms with Crippen molar-refractivity contribution in [1.29, 1.82) is 10.8 Å². The van der Waals surface area contributed by atoms with E-state index >= 15 is 0 Å². The van der Waals surface area contributed by atoms with Crippen LogP contribution in [0, 0.1) is 10.8 Å². The van der Waals surface area contributed by atoms with E-state index in [9.17, 15) is 21.9 Å². The van der Waals surface area contributed by atoms with Crippen molar-refractivity contribution < 1.29 is 31.0 Å². The van der Waals surface area contributed by atoms with Crippen LogP contribution in [0.4, 0.5) is 0 Å². The summed E-state index contributed by atoms with van der Waals surface area (Å²) in [5.41, 5.74) is 13.5. The van der Waals surface area contributed by atoms with Gasteiger partial charge in [-0.3, -0.25) is 19.9 Å². The maximum atomic E-state index is 9.76. The first-order valence-electron chi connectivity index (χ1n) is 8.12. The van der Waals surface area contributed by atoms with E-state index in [0.29, 0.717) is 23.6 Å². The molecular weight excluding hydrogens is 448 g/mol. The maximum Gasteiger partial charge on any atom is 0.261 e. The van der Waals surface area contributed by atoms with Gasteiger partial charge in [0.05, 0.1) is 18.1 Å². The van der Waals surface area contributed by atoms with E-state index in [1.165, 1.54) is 0 Å². The van der Waals surface area contributed by atoms with Crippen LogP contribution in [0.1, 0.15) is 22.3 Å². The molecule has 0 spiro atoms. The number of phenolic OH excluding ortho intramolecular Hbond substituents is 1. The molecule has 0 aliphatic heterocycles. The van der Waals surface area contributed by atoms with E-state index in [4.69, 9.17) is 31.4 Å². The lowest BCUT2D eigenvalue weighted by Crippen LogP contribution is -2.10. The zero-order chi connectivity index (χ0) is 24.4. The molecule has 0 radical (unpaired) electrons. The van der Waals surface area contributed by atoms with Crippen LogP contribution in [0.25, 0.3) is 12.2 Å². The normalized spacial score (nSPS) is 11.0. The van der Waals surface area contributed by atoms with Crippen molar-refractivity contribution in [3.63, 3.8) is 0 Å². The molecule has 0 atom stereocenters. The van der Waals surface area contributed by atoms with Crippen LogP contribution in [0.5, 0.6) is 5.75 Å². The van der Waals surface area contributed by atoms with E-state index in [1.807, 2.05) is 24.3 Å². The van der Waals surface area contributed by atoms with Crippen molar-refractivity contribution in [2.45, 2.75) is 0 Å². The largest absolute Gasteiger partial charge is 0.507 e. The van der Waals surface area contributed by atoms with Crippen molar-refractivity contribution >= 4 is 44.1 Å². The van der Waals surface area contributed by atoms with Crippen molar-refractivity contribution in [1.82, 2.24) is 0 Å². The molecular formula is C18H24N4O7S2. The lowest BCUT2D eigenvalue weighted by atomic mass is 10.1. The number of phenols is 1. The van der Waals surface area contributed by atoms with Crippen LogP contribution in [0.3, 0.4) is 0 Å². The molecule has 0 aliphatic carbocycles. The maximum absolute atomic E-state index is 9.76. The molecule has 0 saturated carbocycles. The highest BCUT2D eigenvalue weighted by Crippen LogP contribution is 2.20. The number of nitrogens with two attached hydrogens (primary N) is 2. The van der Waals surface area contributed by atoms with E-state index in [1.54, 1.807) is 30.3 Å². The first kappa shape index (κ1) is 27.7. The number of benzene rings is 2. The Kier molecular flexibility index (Phi) is 10.6. The summed E-state index contributed by atoms with van der Waals surface area (Å²) in [6.07, 6.45) is 5.15. The number of amidine groups is 2. The molecule has 170 valence electrons. The van der Waals surface area contributed by atoms with E-state index in [0.717, 1.165) is 11.1 Å². The second-order valence-electron chi connectivity index (χ2n) is 6.03. The second-order valence-corrected chi connectivity index (χ2v) is 8.96. The Morgan fingerprint density at radius 3 is 1.55 bits per heavy atom. The molecule has 9 N–H and O–H groups in total. The second kappa shape index (κ2) is 11.8. The molecule has 0 bridgehead atoms. The molecule has 0 amide bonds. The Bertz CT molecular complexity index is 1110. The highest BCUT2D eigenvalue weighted by atomic mass is 32.2. The van der Waals surface area contributed by atoms with Gasteiger partial charge in [0.1, 0.15) is 17.4 Å². The average molecular weight is 473 g/mol. The molecule has 13 heteroatoms. The van der Waals surface area contributed by atoms with Gasteiger partial charge < -0.3 is 16.6 Å². The quantitative estimate of drug-likeness (QED) is 0.146. The minimum Gasteiger partial charge on any atom is -0.507 e.